The summed E-state index contributed by atoms with van der Waals surface area (Å²) in [6.07, 6.45) is 1.12. The summed E-state index contributed by atoms with van der Waals surface area (Å²) in [6, 6.07) is 27.1. The quantitative estimate of drug-likeness (QED) is 0.226. The lowest BCUT2D eigenvalue weighted by Gasteiger charge is -2.41. The number of ether oxygens (including phenoxy) is 2. The second kappa shape index (κ2) is 10.1. The molecule has 4 aromatic rings. The molecule has 0 spiro atoms. The molecule has 0 radical (unpaired) electrons. The number of hydrogen-bond acceptors (Lipinski definition) is 3. The number of fused-ring (bicyclic) bond motifs is 1. The van der Waals surface area contributed by atoms with Crippen LogP contribution < -0.4 is 9.47 Å². The molecule has 0 fully saturated rings. The maximum atomic E-state index is 6.48. The minimum atomic E-state index is -0.581. The number of rotatable bonds is 8. The number of pyridine rings is 1. The van der Waals surface area contributed by atoms with Crippen LogP contribution in [-0.4, -0.2) is 15.8 Å². The third-order valence-corrected chi connectivity index (χ3v) is 8.05. The zero-order chi connectivity index (χ0) is 26.1. The molecule has 4 heteroatoms. The Hall–Kier alpha value is -3.11. The summed E-state index contributed by atoms with van der Waals surface area (Å²) in [5.74, 6) is 2.19. The molecule has 188 valence electrons. The Morgan fingerprint density at radius 2 is 1.33 bits per heavy atom. The first-order valence-electron chi connectivity index (χ1n) is 12.7. The van der Waals surface area contributed by atoms with Gasteiger partial charge in [0, 0.05) is 18.1 Å². The topological polar surface area (TPSA) is 23.4 Å². The van der Waals surface area contributed by atoms with Crippen molar-refractivity contribution < 1.29 is 9.47 Å². The standard InChI is InChI=1S/C32H37NO2S/c1-8-22(2)23-13-17-26(18-14-23)34-31(3,4)32(5,6)35-27-19-15-24(16-20-27)28-21-25-11-9-10-12-29(25)33(7)30(28)36/h9-22H,8H2,1-7H3. The summed E-state index contributed by atoms with van der Waals surface area (Å²) in [5, 5.41) is 1.17. The van der Waals surface area contributed by atoms with Crippen molar-refractivity contribution in [2.45, 2.75) is 65.1 Å². The van der Waals surface area contributed by atoms with Crippen LogP contribution in [0.4, 0.5) is 0 Å². The Labute approximate surface area is 220 Å². The molecular weight excluding hydrogens is 462 g/mol. The molecule has 4 rings (SSSR count). The van der Waals surface area contributed by atoms with Gasteiger partial charge in [-0.1, -0.05) is 68.5 Å². The monoisotopic (exact) mass is 499 g/mol. The van der Waals surface area contributed by atoms with E-state index in [0.29, 0.717) is 5.92 Å². The van der Waals surface area contributed by atoms with E-state index in [1.165, 1.54) is 10.9 Å². The molecule has 0 saturated heterocycles. The molecule has 0 bridgehead atoms. The van der Waals surface area contributed by atoms with Gasteiger partial charge in [-0.3, -0.25) is 0 Å². The predicted molar refractivity (Wildman–Crippen MR) is 154 cm³/mol. The zero-order valence-corrected chi connectivity index (χ0v) is 23.3. The van der Waals surface area contributed by atoms with Crippen molar-refractivity contribution in [2.75, 3.05) is 0 Å². The third kappa shape index (κ3) is 5.19. The SMILES string of the molecule is CCC(C)c1ccc(OC(C)(C)C(C)(C)Oc2ccc(-c3cc4ccccc4n(C)c3=S)cc2)cc1. The van der Waals surface area contributed by atoms with Gasteiger partial charge in [-0.15, -0.1) is 0 Å². The molecule has 1 unspecified atom stereocenters. The number of aryl methyl sites for hydroxylation is 1. The van der Waals surface area contributed by atoms with E-state index < -0.39 is 11.2 Å². The summed E-state index contributed by atoms with van der Waals surface area (Å²) >= 11 is 5.78. The van der Waals surface area contributed by atoms with E-state index >= 15 is 0 Å². The van der Waals surface area contributed by atoms with Crippen LogP contribution in [0, 0.1) is 4.64 Å². The van der Waals surface area contributed by atoms with Gasteiger partial charge < -0.3 is 14.0 Å². The summed E-state index contributed by atoms with van der Waals surface area (Å²) in [5.41, 5.74) is 3.43. The van der Waals surface area contributed by atoms with Crippen LogP contribution in [0.15, 0.2) is 78.9 Å². The van der Waals surface area contributed by atoms with E-state index in [-0.39, 0.29) is 0 Å². The molecular formula is C32H37NO2S. The lowest BCUT2D eigenvalue weighted by molar-refractivity contribution is -0.0732. The summed E-state index contributed by atoms with van der Waals surface area (Å²) < 4.78 is 15.8. The van der Waals surface area contributed by atoms with Crippen LogP contribution in [0.2, 0.25) is 0 Å². The average molecular weight is 500 g/mol. The first-order valence-corrected chi connectivity index (χ1v) is 13.1. The third-order valence-electron chi connectivity index (χ3n) is 7.56. The Morgan fingerprint density at radius 3 is 1.89 bits per heavy atom. The van der Waals surface area contributed by atoms with Gasteiger partial charge in [0.1, 0.15) is 27.3 Å². The van der Waals surface area contributed by atoms with Gasteiger partial charge in [0.15, 0.2) is 0 Å². The highest BCUT2D eigenvalue weighted by atomic mass is 32.1. The molecule has 3 aromatic carbocycles. The van der Waals surface area contributed by atoms with Gasteiger partial charge >= 0.3 is 0 Å². The van der Waals surface area contributed by atoms with Gasteiger partial charge in [0.05, 0.1) is 0 Å². The van der Waals surface area contributed by atoms with Gasteiger partial charge in [-0.2, -0.15) is 0 Å². The molecule has 0 amide bonds. The van der Waals surface area contributed by atoms with Crippen molar-refractivity contribution in [2.24, 2.45) is 7.05 Å². The summed E-state index contributed by atoms with van der Waals surface area (Å²) in [6.45, 7) is 12.7. The second-order valence-electron chi connectivity index (χ2n) is 10.6. The molecule has 0 aliphatic carbocycles. The van der Waals surface area contributed by atoms with Crippen LogP contribution in [0.25, 0.3) is 22.0 Å². The molecule has 1 heterocycles. The highest BCUT2D eigenvalue weighted by molar-refractivity contribution is 7.71. The Bertz CT molecular complexity index is 1400. The van der Waals surface area contributed by atoms with Gasteiger partial charge in [-0.05, 0) is 92.9 Å². The zero-order valence-electron chi connectivity index (χ0n) is 22.5. The number of para-hydroxylation sites is 1. The van der Waals surface area contributed by atoms with E-state index in [0.717, 1.165) is 39.2 Å². The Morgan fingerprint density at radius 1 is 0.806 bits per heavy atom. The predicted octanol–water partition coefficient (Wildman–Crippen LogP) is 9.10. The molecule has 0 N–H and O–H groups in total. The molecule has 3 nitrogen and oxygen atoms in total. The van der Waals surface area contributed by atoms with Crippen molar-refractivity contribution in [1.29, 1.82) is 0 Å². The fraction of sp³-hybridized carbons (Fsp3) is 0.344. The minimum Gasteiger partial charge on any atom is -0.484 e. The normalized spacial score (nSPS) is 13.0. The largest absolute Gasteiger partial charge is 0.484 e. The van der Waals surface area contributed by atoms with Crippen molar-refractivity contribution in [3.8, 4) is 22.6 Å². The van der Waals surface area contributed by atoms with Crippen LogP contribution >= 0.6 is 12.2 Å². The maximum absolute atomic E-state index is 6.48. The number of benzene rings is 3. The fourth-order valence-corrected chi connectivity index (χ4v) is 4.54. The summed E-state index contributed by atoms with van der Waals surface area (Å²) in [4.78, 5) is 0. The van der Waals surface area contributed by atoms with Crippen molar-refractivity contribution >= 4 is 23.1 Å². The number of aromatic nitrogens is 1. The molecule has 1 atom stereocenters. The molecule has 0 aliphatic rings. The second-order valence-corrected chi connectivity index (χ2v) is 11.0. The van der Waals surface area contributed by atoms with Crippen LogP contribution in [0.1, 0.15) is 59.4 Å². The van der Waals surface area contributed by atoms with E-state index in [1.54, 1.807) is 0 Å². The highest BCUT2D eigenvalue weighted by Gasteiger charge is 2.41. The van der Waals surface area contributed by atoms with Gasteiger partial charge in [0.2, 0.25) is 0 Å². The van der Waals surface area contributed by atoms with E-state index in [9.17, 15) is 0 Å². The van der Waals surface area contributed by atoms with Gasteiger partial charge in [0.25, 0.3) is 0 Å². The lowest BCUT2D eigenvalue weighted by Crippen LogP contribution is -2.53. The minimum absolute atomic E-state index is 0.545. The number of hydrogen-bond donors (Lipinski definition) is 0. The van der Waals surface area contributed by atoms with E-state index in [1.807, 2.05) is 25.2 Å². The van der Waals surface area contributed by atoms with E-state index in [2.05, 4.69) is 107 Å². The van der Waals surface area contributed by atoms with Crippen molar-refractivity contribution in [1.82, 2.24) is 4.57 Å². The smallest absolute Gasteiger partial charge is 0.142 e. The molecule has 0 aliphatic heterocycles. The van der Waals surface area contributed by atoms with Crippen LogP contribution in [0.5, 0.6) is 11.5 Å². The summed E-state index contributed by atoms with van der Waals surface area (Å²) in [7, 11) is 2.02. The Kier molecular flexibility index (Phi) is 7.28. The number of nitrogens with zero attached hydrogens (tertiary/aromatic N) is 1. The first kappa shape index (κ1) is 26.0. The maximum Gasteiger partial charge on any atom is 0.142 e. The van der Waals surface area contributed by atoms with Crippen LogP contribution in [0.3, 0.4) is 0 Å². The molecule has 1 aromatic heterocycles. The van der Waals surface area contributed by atoms with E-state index in [4.69, 9.17) is 21.7 Å². The van der Waals surface area contributed by atoms with Crippen LogP contribution in [-0.2, 0) is 7.05 Å². The fourth-order valence-electron chi connectivity index (χ4n) is 4.27. The van der Waals surface area contributed by atoms with Gasteiger partial charge in [-0.25, -0.2) is 0 Å². The van der Waals surface area contributed by atoms with Crippen molar-refractivity contribution in [3.63, 3.8) is 0 Å². The highest BCUT2D eigenvalue weighted by Crippen LogP contribution is 2.34. The Balaban J connectivity index is 1.52. The van der Waals surface area contributed by atoms with Crippen molar-refractivity contribution in [3.05, 3.63) is 89.1 Å². The molecule has 0 saturated carbocycles. The molecule has 36 heavy (non-hydrogen) atoms. The lowest BCUT2D eigenvalue weighted by atomic mass is 9.88. The average Bonchev–Trinajstić information content (AvgIpc) is 2.86. The first-order chi connectivity index (χ1) is 17.0.